The van der Waals surface area contributed by atoms with Crippen molar-refractivity contribution in [1.29, 1.82) is 0 Å². The number of esters is 1. The lowest BCUT2D eigenvalue weighted by molar-refractivity contribution is -0.140. The van der Waals surface area contributed by atoms with E-state index in [9.17, 15) is 22.8 Å². The second-order valence-corrected chi connectivity index (χ2v) is 7.03. The summed E-state index contributed by atoms with van der Waals surface area (Å²) < 4.78 is 28.7. The highest BCUT2D eigenvalue weighted by Gasteiger charge is 2.31. The second kappa shape index (κ2) is 8.72. The van der Waals surface area contributed by atoms with Gasteiger partial charge < -0.3 is 10.1 Å². The number of rotatable bonds is 8. The summed E-state index contributed by atoms with van der Waals surface area (Å²) in [5, 5.41) is 2.54. The number of ether oxygens (including phenoxy) is 1. The molecular formula is C13H22N2O6S. The van der Waals surface area contributed by atoms with Gasteiger partial charge in [0.25, 0.3) is 5.91 Å². The Morgan fingerprint density at radius 1 is 1.23 bits per heavy atom. The normalized spacial score (nSPS) is 20.0. The molecule has 0 radical (unpaired) electrons. The Hall–Kier alpha value is -1.64. The number of carbonyl (C=O) groups excluding carboxylic acids is 3. The van der Waals surface area contributed by atoms with Crippen LogP contribution in [0.5, 0.6) is 0 Å². The van der Waals surface area contributed by atoms with E-state index >= 15 is 0 Å². The van der Waals surface area contributed by atoms with Crippen LogP contribution in [0.15, 0.2) is 0 Å². The standard InChI is InChI=1S/C13H22N2O6S/c1-21-12(17)7-5-3-2-4-6-11(16)14-10-8-9-22(19,20)15-13(10)18/h10H,2-9H2,1H3,(H,14,16)(H,15,18). The highest BCUT2D eigenvalue weighted by Crippen LogP contribution is 2.08. The molecule has 1 unspecified atom stereocenters. The van der Waals surface area contributed by atoms with E-state index in [0.29, 0.717) is 12.8 Å². The van der Waals surface area contributed by atoms with Crippen molar-refractivity contribution in [2.24, 2.45) is 0 Å². The molecular weight excluding hydrogens is 312 g/mol. The number of unbranched alkanes of at least 4 members (excludes halogenated alkanes) is 3. The van der Waals surface area contributed by atoms with E-state index in [1.54, 1.807) is 0 Å². The van der Waals surface area contributed by atoms with Crippen LogP contribution in [0.3, 0.4) is 0 Å². The van der Waals surface area contributed by atoms with Gasteiger partial charge >= 0.3 is 5.97 Å². The summed E-state index contributed by atoms with van der Waals surface area (Å²) in [5.41, 5.74) is 0. The van der Waals surface area contributed by atoms with Gasteiger partial charge in [0, 0.05) is 12.8 Å². The molecule has 1 atom stereocenters. The molecule has 0 aliphatic carbocycles. The lowest BCUT2D eigenvalue weighted by atomic mass is 10.1. The quantitative estimate of drug-likeness (QED) is 0.470. The van der Waals surface area contributed by atoms with Crippen LogP contribution < -0.4 is 10.0 Å². The molecule has 22 heavy (non-hydrogen) atoms. The zero-order chi connectivity index (χ0) is 16.6. The van der Waals surface area contributed by atoms with Gasteiger partial charge in [-0.2, -0.15) is 0 Å². The second-order valence-electron chi connectivity index (χ2n) is 5.18. The van der Waals surface area contributed by atoms with Gasteiger partial charge in [-0.25, -0.2) is 8.42 Å². The molecule has 1 saturated heterocycles. The van der Waals surface area contributed by atoms with Crippen LogP contribution in [-0.2, 0) is 29.1 Å². The Bertz CT molecular complexity index is 517. The first kappa shape index (κ1) is 18.4. The Kier molecular flexibility index (Phi) is 7.30. The SMILES string of the molecule is COC(=O)CCCCCCC(=O)NC1CCS(=O)(=O)NC1=O. The molecule has 0 aromatic rings. The fraction of sp³-hybridized carbons (Fsp3) is 0.769. The van der Waals surface area contributed by atoms with E-state index in [1.165, 1.54) is 7.11 Å². The number of hydrogen-bond donors (Lipinski definition) is 2. The number of methoxy groups -OCH3 is 1. The number of nitrogens with one attached hydrogen (secondary N) is 2. The maximum absolute atomic E-state index is 11.7. The Labute approximate surface area is 130 Å². The molecule has 1 rings (SSSR count). The third-order valence-electron chi connectivity index (χ3n) is 3.35. The van der Waals surface area contributed by atoms with Crippen molar-refractivity contribution in [3.8, 4) is 0 Å². The molecule has 9 heteroatoms. The van der Waals surface area contributed by atoms with Crippen LogP contribution in [0.2, 0.25) is 0 Å². The molecule has 0 aromatic carbocycles. The molecule has 2 amide bonds. The first-order valence-corrected chi connectivity index (χ1v) is 8.90. The highest BCUT2D eigenvalue weighted by atomic mass is 32.2. The maximum atomic E-state index is 11.7. The molecule has 1 heterocycles. The maximum Gasteiger partial charge on any atom is 0.305 e. The van der Waals surface area contributed by atoms with Crippen molar-refractivity contribution in [3.63, 3.8) is 0 Å². The molecule has 0 saturated carbocycles. The van der Waals surface area contributed by atoms with Crippen molar-refractivity contribution in [2.75, 3.05) is 12.9 Å². The highest BCUT2D eigenvalue weighted by molar-refractivity contribution is 7.90. The fourth-order valence-electron chi connectivity index (χ4n) is 2.09. The first-order chi connectivity index (χ1) is 10.3. The fourth-order valence-corrected chi connectivity index (χ4v) is 3.19. The van der Waals surface area contributed by atoms with Crippen LogP contribution in [0.4, 0.5) is 0 Å². The predicted octanol–water partition coefficient (Wildman–Crippen LogP) is -0.165. The summed E-state index contributed by atoms with van der Waals surface area (Å²) in [5.74, 6) is -1.36. The average molecular weight is 334 g/mol. The molecule has 126 valence electrons. The summed E-state index contributed by atoms with van der Waals surface area (Å²) in [6, 6.07) is -0.782. The minimum Gasteiger partial charge on any atom is -0.469 e. The van der Waals surface area contributed by atoms with Gasteiger partial charge in [0.05, 0.1) is 12.9 Å². The van der Waals surface area contributed by atoms with Gasteiger partial charge in [-0.1, -0.05) is 12.8 Å². The van der Waals surface area contributed by atoms with E-state index < -0.39 is 22.0 Å². The van der Waals surface area contributed by atoms with Gasteiger partial charge in [-0.15, -0.1) is 0 Å². The first-order valence-electron chi connectivity index (χ1n) is 7.24. The zero-order valence-electron chi connectivity index (χ0n) is 12.6. The van der Waals surface area contributed by atoms with Gasteiger partial charge in [0.15, 0.2) is 0 Å². The number of amides is 2. The van der Waals surface area contributed by atoms with Crippen molar-refractivity contribution in [3.05, 3.63) is 0 Å². The Morgan fingerprint density at radius 2 is 1.86 bits per heavy atom. The lowest BCUT2D eigenvalue weighted by Gasteiger charge is -2.22. The Morgan fingerprint density at radius 3 is 2.45 bits per heavy atom. The van der Waals surface area contributed by atoms with Gasteiger partial charge in [-0.3, -0.25) is 19.1 Å². The third-order valence-corrected chi connectivity index (χ3v) is 4.63. The van der Waals surface area contributed by atoms with Crippen LogP contribution in [0, 0.1) is 0 Å². The third kappa shape index (κ3) is 6.88. The van der Waals surface area contributed by atoms with Gasteiger partial charge in [-0.05, 0) is 19.3 Å². The summed E-state index contributed by atoms with van der Waals surface area (Å²) in [4.78, 5) is 34.1. The van der Waals surface area contributed by atoms with E-state index in [2.05, 4.69) is 10.1 Å². The monoisotopic (exact) mass is 334 g/mol. The summed E-state index contributed by atoms with van der Waals surface area (Å²) in [7, 11) is -2.18. The minimum atomic E-state index is -3.53. The smallest absolute Gasteiger partial charge is 0.305 e. The van der Waals surface area contributed by atoms with Gasteiger partial charge in [0.2, 0.25) is 15.9 Å². The van der Waals surface area contributed by atoms with Crippen LogP contribution in [-0.4, -0.2) is 45.1 Å². The summed E-state index contributed by atoms with van der Waals surface area (Å²) >= 11 is 0. The number of sulfonamides is 1. The predicted molar refractivity (Wildman–Crippen MR) is 78.2 cm³/mol. The van der Waals surface area contributed by atoms with Crippen LogP contribution in [0.25, 0.3) is 0 Å². The molecule has 0 spiro atoms. The summed E-state index contributed by atoms with van der Waals surface area (Å²) in [6.45, 7) is 0. The molecule has 0 bridgehead atoms. The molecule has 1 aliphatic heterocycles. The molecule has 2 N–H and O–H groups in total. The van der Waals surface area contributed by atoms with Crippen molar-refractivity contribution in [1.82, 2.24) is 10.0 Å². The van der Waals surface area contributed by atoms with Crippen molar-refractivity contribution >= 4 is 27.8 Å². The largest absolute Gasteiger partial charge is 0.469 e. The van der Waals surface area contributed by atoms with Crippen molar-refractivity contribution in [2.45, 2.75) is 51.0 Å². The topological polar surface area (TPSA) is 119 Å². The molecule has 0 aromatic heterocycles. The van der Waals surface area contributed by atoms with E-state index in [1.807, 2.05) is 4.72 Å². The van der Waals surface area contributed by atoms with Crippen LogP contribution >= 0.6 is 0 Å². The molecule has 8 nitrogen and oxygen atoms in total. The molecule has 1 aliphatic rings. The number of hydrogen-bond acceptors (Lipinski definition) is 6. The van der Waals surface area contributed by atoms with Crippen molar-refractivity contribution < 1.29 is 27.5 Å². The van der Waals surface area contributed by atoms with E-state index in [-0.39, 0.29) is 30.5 Å². The molecule has 1 fully saturated rings. The van der Waals surface area contributed by atoms with Crippen LogP contribution in [0.1, 0.15) is 44.9 Å². The Balaban J connectivity index is 2.14. The zero-order valence-corrected chi connectivity index (χ0v) is 13.4. The minimum absolute atomic E-state index is 0.0963. The van der Waals surface area contributed by atoms with Gasteiger partial charge in [0.1, 0.15) is 6.04 Å². The van der Waals surface area contributed by atoms with E-state index in [0.717, 1.165) is 19.3 Å². The lowest BCUT2D eigenvalue weighted by Crippen LogP contribution is -2.53. The number of carbonyl (C=O) groups is 3. The summed E-state index contributed by atoms with van der Waals surface area (Å²) in [6.07, 6.45) is 3.74. The average Bonchev–Trinajstić information content (AvgIpc) is 2.45. The van der Waals surface area contributed by atoms with E-state index in [4.69, 9.17) is 0 Å².